The van der Waals surface area contributed by atoms with Gasteiger partial charge in [0.05, 0.1) is 20.8 Å². The Morgan fingerprint density at radius 3 is 2.58 bits per heavy atom. The molecule has 2 aromatic carbocycles. The molecule has 1 fully saturated rings. The van der Waals surface area contributed by atoms with E-state index in [0.29, 0.717) is 18.0 Å². The monoisotopic (exact) mass is 355 g/mol. The molecule has 0 aromatic heterocycles. The molecule has 1 atom stereocenters. The van der Waals surface area contributed by atoms with E-state index in [1.165, 1.54) is 4.90 Å². The van der Waals surface area contributed by atoms with Crippen LogP contribution in [0.5, 0.6) is 11.5 Å². The highest BCUT2D eigenvalue weighted by atomic mass is 16.5. The molecule has 0 bridgehead atoms. The summed E-state index contributed by atoms with van der Waals surface area (Å²) >= 11 is 0. The molecule has 26 heavy (non-hydrogen) atoms. The normalized spacial score (nSPS) is 16.2. The average Bonchev–Trinajstić information content (AvgIpc) is 3.08. The smallest absolute Gasteiger partial charge is 0.322 e. The number of carbonyl (C=O) groups is 2. The van der Waals surface area contributed by atoms with E-state index in [-0.39, 0.29) is 18.5 Å². The first kappa shape index (κ1) is 17.6. The zero-order chi connectivity index (χ0) is 18.5. The fourth-order valence-corrected chi connectivity index (χ4v) is 2.77. The van der Waals surface area contributed by atoms with Crippen molar-refractivity contribution < 1.29 is 19.1 Å². The van der Waals surface area contributed by atoms with Gasteiger partial charge in [0, 0.05) is 12.2 Å². The quantitative estimate of drug-likeness (QED) is 0.830. The van der Waals surface area contributed by atoms with Crippen molar-refractivity contribution in [2.45, 2.75) is 12.6 Å². The Kier molecular flexibility index (Phi) is 5.26. The van der Waals surface area contributed by atoms with Gasteiger partial charge in [0.2, 0.25) is 5.91 Å². The number of rotatable bonds is 6. The van der Waals surface area contributed by atoms with Crippen LogP contribution in [-0.4, -0.2) is 38.7 Å². The van der Waals surface area contributed by atoms with Crippen LogP contribution in [-0.2, 0) is 11.3 Å². The molecule has 0 spiro atoms. The zero-order valence-electron chi connectivity index (χ0n) is 14.7. The van der Waals surface area contributed by atoms with Gasteiger partial charge in [-0.2, -0.15) is 0 Å². The van der Waals surface area contributed by atoms with Gasteiger partial charge in [-0.05, 0) is 42.0 Å². The molecule has 136 valence electrons. The van der Waals surface area contributed by atoms with E-state index in [1.807, 2.05) is 24.3 Å². The van der Waals surface area contributed by atoms with E-state index in [2.05, 4.69) is 10.6 Å². The van der Waals surface area contributed by atoms with Gasteiger partial charge in [-0.15, -0.1) is 0 Å². The largest absolute Gasteiger partial charge is 0.497 e. The third-order valence-corrected chi connectivity index (χ3v) is 4.21. The van der Waals surface area contributed by atoms with Crippen molar-refractivity contribution in [2.75, 3.05) is 25.7 Å². The standard InChI is InChI=1S/C19H21N3O4/c1-25-15-8-6-14(7-9-15)22-12-17(21-19(22)24)18(23)20-11-13-4-3-5-16(10-13)26-2/h3-10,17H,11-12H2,1-2H3,(H,20,23)(H,21,24). The Labute approximate surface area is 151 Å². The molecule has 1 aliphatic heterocycles. The van der Waals surface area contributed by atoms with Gasteiger partial charge in [-0.1, -0.05) is 12.1 Å². The van der Waals surface area contributed by atoms with Crippen LogP contribution in [0.2, 0.25) is 0 Å². The predicted molar refractivity (Wildman–Crippen MR) is 97.5 cm³/mol. The highest BCUT2D eigenvalue weighted by Crippen LogP contribution is 2.22. The third-order valence-electron chi connectivity index (χ3n) is 4.21. The minimum atomic E-state index is -0.602. The van der Waals surface area contributed by atoms with Crippen molar-refractivity contribution in [1.29, 1.82) is 0 Å². The number of urea groups is 1. The van der Waals surface area contributed by atoms with Crippen molar-refractivity contribution in [2.24, 2.45) is 0 Å². The van der Waals surface area contributed by atoms with Gasteiger partial charge in [0.25, 0.3) is 0 Å². The number of nitrogens with one attached hydrogen (secondary N) is 2. The summed E-state index contributed by atoms with van der Waals surface area (Å²) in [4.78, 5) is 26.1. The minimum absolute atomic E-state index is 0.225. The van der Waals surface area contributed by atoms with Gasteiger partial charge in [-0.25, -0.2) is 4.79 Å². The zero-order valence-corrected chi connectivity index (χ0v) is 14.7. The van der Waals surface area contributed by atoms with Crippen molar-refractivity contribution in [3.05, 3.63) is 54.1 Å². The summed E-state index contributed by atoms with van der Waals surface area (Å²) in [5.41, 5.74) is 1.64. The lowest BCUT2D eigenvalue weighted by molar-refractivity contribution is -0.122. The molecule has 1 saturated heterocycles. The molecule has 7 nitrogen and oxygen atoms in total. The lowest BCUT2D eigenvalue weighted by Gasteiger charge is -2.15. The van der Waals surface area contributed by atoms with E-state index in [1.54, 1.807) is 38.5 Å². The Bertz CT molecular complexity index is 792. The molecule has 0 aliphatic carbocycles. The summed E-state index contributed by atoms with van der Waals surface area (Å²) in [5.74, 6) is 1.22. The summed E-state index contributed by atoms with van der Waals surface area (Å²) < 4.78 is 10.3. The number of benzene rings is 2. The third kappa shape index (κ3) is 3.88. The van der Waals surface area contributed by atoms with Gasteiger partial charge in [-0.3, -0.25) is 9.69 Å². The van der Waals surface area contributed by atoms with Crippen LogP contribution >= 0.6 is 0 Å². The molecule has 0 radical (unpaired) electrons. The number of ether oxygens (including phenoxy) is 2. The maximum Gasteiger partial charge on any atom is 0.322 e. The molecular formula is C19H21N3O4. The SMILES string of the molecule is COc1ccc(N2CC(C(=O)NCc3cccc(OC)c3)NC2=O)cc1. The van der Waals surface area contributed by atoms with Crippen molar-refractivity contribution >= 4 is 17.6 Å². The van der Waals surface area contributed by atoms with Crippen molar-refractivity contribution in [3.8, 4) is 11.5 Å². The van der Waals surface area contributed by atoms with E-state index >= 15 is 0 Å². The second kappa shape index (κ2) is 7.77. The van der Waals surface area contributed by atoms with E-state index in [0.717, 1.165) is 11.3 Å². The number of amides is 3. The molecule has 7 heteroatoms. The fourth-order valence-electron chi connectivity index (χ4n) is 2.77. The topological polar surface area (TPSA) is 79.9 Å². The highest BCUT2D eigenvalue weighted by Gasteiger charge is 2.34. The molecule has 0 saturated carbocycles. The van der Waals surface area contributed by atoms with Gasteiger partial charge in [0.15, 0.2) is 0 Å². The van der Waals surface area contributed by atoms with Crippen LogP contribution in [0.4, 0.5) is 10.5 Å². The van der Waals surface area contributed by atoms with E-state index in [9.17, 15) is 9.59 Å². The highest BCUT2D eigenvalue weighted by molar-refractivity contribution is 6.00. The lowest BCUT2D eigenvalue weighted by Crippen LogP contribution is -2.42. The van der Waals surface area contributed by atoms with Crippen LogP contribution in [0, 0.1) is 0 Å². The number of hydrogen-bond donors (Lipinski definition) is 2. The Morgan fingerprint density at radius 1 is 1.15 bits per heavy atom. The van der Waals surface area contributed by atoms with Crippen LogP contribution in [0.25, 0.3) is 0 Å². The van der Waals surface area contributed by atoms with E-state index < -0.39 is 6.04 Å². The van der Waals surface area contributed by atoms with Gasteiger partial charge in [0.1, 0.15) is 17.5 Å². The summed E-state index contributed by atoms with van der Waals surface area (Å²) in [6, 6.07) is 13.7. The Morgan fingerprint density at radius 2 is 1.88 bits per heavy atom. The van der Waals surface area contributed by atoms with Gasteiger partial charge >= 0.3 is 6.03 Å². The molecule has 3 rings (SSSR count). The van der Waals surface area contributed by atoms with Crippen LogP contribution in [0.3, 0.4) is 0 Å². The van der Waals surface area contributed by atoms with Crippen molar-refractivity contribution in [3.63, 3.8) is 0 Å². The predicted octanol–water partition coefficient (Wildman–Crippen LogP) is 1.92. The molecule has 1 heterocycles. The molecule has 1 aliphatic rings. The van der Waals surface area contributed by atoms with Crippen molar-refractivity contribution in [1.82, 2.24) is 10.6 Å². The second-order valence-corrected chi connectivity index (χ2v) is 5.88. The number of methoxy groups -OCH3 is 2. The number of hydrogen-bond acceptors (Lipinski definition) is 4. The number of anilines is 1. The second-order valence-electron chi connectivity index (χ2n) is 5.88. The van der Waals surface area contributed by atoms with Crippen LogP contribution in [0.15, 0.2) is 48.5 Å². The van der Waals surface area contributed by atoms with E-state index in [4.69, 9.17) is 9.47 Å². The van der Waals surface area contributed by atoms with Crippen LogP contribution in [0.1, 0.15) is 5.56 Å². The van der Waals surface area contributed by atoms with Gasteiger partial charge < -0.3 is 20.1 Å². The number of nitrogens with zero attached hydrogens (tertiary/aromatic N) is 1. The summed E-state index contributed by atoms with van der Waals surface area (Å²) in [6.07, 6.45) is 0. The minimum Gasteiger partial charge on any atom is -0.497 e. The average molecular weight is 355 g/mol. The summed E-state index contributed by atoms with van der Waals surface area (Å²) in [7, 11) is 3.18. The first-order valence-electron chi connectivity index (χ1n) is 8.23. The molecule has 3 amide bonds. The molecule has 1 unspecified atom stereocenters. The van der Waals surface area contributed by atoms with Crippen LogP contribution < -0.4 is 25.0 Å². The maximum atomic E-state index is 12.4. The summed E-state index contributed by atoms with van der Waals surface area (Å²) in [6.45, 7) is 0.639. The first-order valence-corrected chi connectivity index (χ1v) is 8.23. The Hall–Kier alpha value is -3.22. The molecular weight excluding hydrogens is 334 g/mol. The maximum absolute atomic E-state index is 12.4. The molecule has 2 aromatic rings. The fraction of sp³-hybridized carbons (Fsp3) is 0.263. The number of carbonyl (C=O) groups excluding carboxylic acids is 2. The first-order chi connectivity index (χ1) is 12.6. The molecule has 2 N–H and O–H groups in total. The Balaban J connectivity index is 1.59. The summed E-state index contributed by atoms with van der Waals surface area (Å²) in [5, 5.41) is 5.56. The lowest BCUT2D eigenvalue weighted by atomic mass is 10.2.